The molecule has 10 heavy (non-hydrogen) atoms. The first-order chi connectivity index (χ1) is 4.83. The Labute approximate surface area is 57.6 Å². The van der Waals surface area contributed by atoms with Crippen LogP contribution >= 0.6 is 0 Å². The highest BCUT2D eigenvalue weighted by atomic mass is 17.2. The minimum atomic E-state index is -0.731. The SMILES string of the molecule is C=CC(=O)OC1C=COO1. The van der Waals surface area contributed by atoms with Crippen molar-refractivity contribution in [3.05, 3.63) is 25.0 Å². The molecule has 1 aliphatic rings. The van der Waals surface area contributed by atoms with E-state index in [9.17, 15) is 4.79 Å². The molecule has 1 heterocycles. The second-order valence-corrected chi connectivity index (χ2v) is 1.53. The third-order valence-electron chi connectivity index (χ3n) is 0.841. The van der Waals surface area contributed by atoms with E-state index in [-0.39, 0.29) is 0 Å². The Morgan fingerprint density at radius 3 is 3.10 bits per heavy atom. The highest BCUT2D eigenvalue weighted by Gasteiger charge is 2.14. The third-order valence-corrected chi connectivity index (χ3v) is 0.841. The molecule has 0 spiro atoms. The Hall–Kier alpha value is -1.29. The first kappa shape index (κ1) is 6.82. The van der Waals surface area contributed by atoms with Crippen LogP contribution < -0.4 is 0 Å². The summed E-state index contributed by atoms with van der Waals surface area (Å²) in [6.45, 7) is 3.21. The summed E-state index contributed by atoms with van der Waals surface area (Å²) >= 11 is 0. The predicted molar refractivity (Wildman–Crippen MR) is 31.4 cm³/mol. The summed E-state index contributed by atoms with van der Waals surface area (Å²) in [4.78, 5) is 19.2. The van der Waals surface area contributed by atoms with E-state index in [0.29, 0.717) is 0 Å². The zero-order valence-corrected chi connectivity index (χ0v) is 5.15. The quantitative estimate of drug-likeness (QED) is 0.320. The number of hydrogen-bond acceptors (Lipinski definition) is 4. The van der Waals surface area contributed by atoms with Crippen LogP contribution in [-0.2, 0) is 19.3 Å². The molecule has 1 atom stereocenters. The number of carbonyl (C=O) groups excluding carboxylic acids is 1. The van der Waals surface area contributed by atoms with Crippen LogP contribution in [0.3, 0.4) is 0 Å². The van der Waals surface area contributed by atoms with Gasteiger partial charge in [0.1, 0.15) is 6.26 Å². The van der Waals surface area contributed by atoms with Crippen LogP contribution in [0.2, 0.25) is 0 Å². The molecule has 0 aliphatic carbocycles. The molecule has 0 amide bonds. The van der Waals surface area contributed by atoms with Gasteiger partial charge in [0.2, 0.25) is 0 Å². The molecule has 1 aliphatic heterocycles. The minimum Gasteiger partial charge on any atom is -0.425 e. The maximum atomic E-state index is 10.5. The molecule has 0 bridgehead atoms. The maximum absolute atomic E-state index is 10.5. The molecule has 0 saturated heterocycles. The molecule has 0 aromatic rings. The molecule has 0 saturated carbocycles. The summed E-state index contributed by atoms with van der Waals surface area (Å²) in [7, 11) is 0. The average Bonchev–Trinajstić information content (AvgIpc) is 2.40. The van der Waals surface area contributed by atoms with Gasteiger partial charge in [0.05, 0.1) is 0 Å². The van der Waals surface area contributed by atoms with Gasteiger partial charge < -0.3 is 9.62 Å². The minimum absolute atomic E-state index is 0.542. The second-order valence-electron chi connectivity index (χ2n) is 1.53. The first-order valence-electron chi connectivity index (χ1n) is 2.65. The molecule has 4 heteroatoms. The topological polar surface area (TPSA) is 44.8 Å². The van der Waals surface area contributed by atoms with Gasteiger partial charge in [-0.2, -0.15) is 0 Å². The normalized spacial score (nSPS) is 21.8. The molecule has 54 valence electrons. The molecule has 0 N–H and O–H groups in total. The van der Waals surface area contributed by atoms with Crippen molar-refractivity contribution in [3.8, 4) is 0 Å². The Kier molecular flexibility index (Phi) is 2.07. The van der Waals surface area contributed by atoms with Gasteiger partial charge in [-0.15, -0.1) is 4.89 Å². The zero-order chi connectivity index (χ0) is 7.40. The molecule has 0 radical (unpaired) electrons. The van der Waals surface area contributed by atoms with E-state index >= 15 is 0 Å². The van der Waals surface area contributed by atoms with Crippen molar-refractivity contribution in [3.63, 3.8) is 0 Å². The Morgan fingerprint density at radius 1 is 1.80 bits per heavy atom. The molecular weight excluding hydrogens is 136 g/mol. The summed E-state index contributed by atoms with van der Waals surface area (Å²) in [5.41, 5.74) is 0. The first-order valence-corrected chi connectivity index (χ1v) is 2.65. The summed E-state index contributed by atoms with van der Waals surface area (Å²) in [5.74, 6) is -0.542. The van der Waals surface area contributed by atoms with Crippen LogP contribution in [0.25, 0.3) is 0 Å². The number of rotatable bonds is 2. The van der Waals surface area contributed by atoms with Crippen LogP contribution in [0.4, 0.5) is 0 Å². The van der Waals surface area contributed by atoms with Crippen LogP contribution in [0.5, 0.6) is 0 Å². The fourth-order valence-electron chi connectivity index (χ4n) is 0.437. The smallest absolute Gasteiger partial charge is 0.332 e. The van der Waals surface area contributed by atoms with Crippen molar-refractivity contribution in [1.82, 2.24) is 0 Å². The monoisotopic (exact) mass is 142 g/mol. The van der Waals surface area contributed by atoms with E-state index in [4.69, 9.17) is 0 Å². The lowest BCUT2D eigenvalue weighted by molar-refractivity contribution is -0.303. The fourth-order valence-corrected chi connectivity index (χ4v) is 0.437. The average molecular weight is 142 g/mol. The van der Waals surface area contributed by atoms with Gasteiger partial charge in [0.25, 0.3) is 6.29 Å². The lowest BCUT2D eigenvalue weighted by Crippen LogP contribution is -2.13. The Balaban J connectivity index is 2.31. The highest BCUT2D eigenvalue weighted by Crippen LogP contribution is 2.05. The van der Waals surface area contributed by atoms with Gasteiger partial charge in [0.15, 0.2) is 0 Å². The van der Waals surface area contributed by atoms with Crippen LogP contribution in [0.1, 0.15) is 0 Å². The lowest BCUT2D eigenvalue weighted by atomic mass is 10.6. The van der Waals surface area contributed by atoms with Crippen LogP contribution in [-0.4, -0.2) is 12.3 Å². The number of esters is 1. The van der Waals surface area contributed by atoms with Crippen molar-refractivity contribution in [1.29, 1.82) is 0 Å². The van der Waals surface area contributed by atoms with Gasteiger partial charge in [-0.3, -0.25) is 0 Å². The summed E-state index contributed by atoms with van der Waals surface area (Å²) < 4.78 is 4.57. The van der Waals surface area contributed by atoms with Gasteiger partial charge in [-0.1, -0.05) is 6.58 Å². The van der Waals surface area contributed by atoms with Crippen molar-refractivity contribution < 1.29 is 19.3 Å². The molecule has 4 nitrogen and oxygen atoms in total. The number of hydrogen-bond donors (Lipinski definition) is 0. The number of ether oxygens (including phenoxy) is 1. The second kappa shape index (κ2) is 3.03. The van der Waals surface area contributed by atoms with E-state index < -0.39 is 12.3 Å². The van der Waals surface area contributed by atoms with E-state index in [2.05, 4.69) is 21.1 Å². The maximum Gasteiger partial charge on any atom is 0.332 e. The molecular formula is C6H6O4. The third kappa shape index (κ3) is 1.60. The molecule has 1 unspecified atom stereocenters. The zero-order valence-electron chi connectivity index (χ0n) is 5.15. The standard InChI is InChI=1S/C6H6O4/c1-2-5(7)9-6-3-4-8-10-6/h2-4,6H,1H2. The van der Waals surface area contributed by atoms with E-state index in [1.54, 1.807) is 0 Å². The van der Waals surface area contributed by atoms with Gasteiger partial charge in [0, 0.05) is 12.2 Å². The van der Waals surface area contributed by atoms with Gasteiger partial charge in [-0.05, 0) is 0 Å². The molecule has 0 aromatic heterocycles. The molecule has 0 aromatic carbocycles. The largest absolute Gasteiger partial charge is 0.425 e. The summed E-state index contributed by atoms with van der Waals surface area (Å²) in [6, 6.07) is 0. The van der Waals surface area contributed by atoms with E-state index in [1.165, 1.54) is 12.3 Å². The highest BCUT2D eigenvalue weighted by molar-refractivity contribution is 5.81. The number of carbonyl (C=O) groups is 1. The fraction of sp³-hybridized carbons (Fsp3) is 0.167. The predicted octanol–water partition coefficient (Wildman–Crippen LogP) is 0.517. The summed E-state index contributed by atoms with van der Waals surface area (Å²) in [6.07, 6.45) is 3.07. The Bertz CT molecular complexity index is 173. The van der Waals surface area contributed by atoms with Crippen molar-refractivity contribution in [2.45, 2.75) is 6.29 Å². The van der Waals surface area contributed by atoms with Crippen molar-refractivity contribution in [2.75, 3.05) is 0 Å². The Morgan fingerprint density at radius 2 is 2.60 bits per heavy atom. The summed E-state index contributed by atoms with van der Waals surface area (Å²) in [5, 5.41) is 0. The van der Waals surface area contributed by atoms with Gasteiger partial charge in [-0.25, -0.2) is 4.79 Å². The molecule has 0 fully saturated rings. The lowest BCUT2D eigenvalue weighted by Gasteiger charge is -2.04. The van der Waals surface area contributed by atoms with Crippen LogP contribution in [0.15, 0.2) is 25.0 Å². The van der Waals surface area contributed by atoms with Crippen LogP contribution in [0, 0.1) is 0 Å². The van der Waals surface area contributed by atoms with E-state index in [1.807, 2.05) is 0 Å². The molecule has 1 rings (SSSR count). The van der Waals surface area contributed by atoms with Crippen molar-refractivity contribution in [2.24, 2.45) is 0 Å². The van der Waals surface area contributed by atoms with Gasteiger partial charge >= 0.3 is 5.97 Å². The van der Waals surface area contributed by atoms with Crippen molar-refractivity contribution >= 4 is 5.97 Å². The van der Waals surface area contributed by atoms with E-state index in [0.717, 1.165) is 6.08 Å².